The van der Waals surface area contributed by atoms with Gasteiger partial charge in [-0.2, -0.15) is 5.26 Å². The first-order valence-corrected chi connectivity index (χ1v) is 6.06. The molecule has 0 bridgehead atoms. The lowest BCUT2D eigenvalue weighted by molar-refractivity contribution is -0.00514. The van der Waals surface area contributed by atoms with E-state index in [1.165, 1.54) is 0 Å². The Labute approximate surface area is 98.9 Å². The van der Waals surface area contributed by atoms with Crippen LogP contribution in [0.5, 0.6) is 0 Å². The Morgan fingerprint density at radius 3 is 2.69 bits per heavy atom. The van der Waals surface area contributed by atoms with Crippen molar-refractivity contribution in [1.29, 1.82) is 5.26 Å². The Morgan fingerprint density at radius 2 is 2.12 bits per heavy atom. The van der Waals surface area contributed by atoms with Crippen LogP contribution in [0.25, 0.3) is 0 Å². The summed E-state index contributed by atoms with van der Waals surface area (Å²) in [4.78, 5) is 0. The number of hydrogen-bond acceptors (Lipinski definition) is 4. The van der Waals surface area contributed by atoms with Gasteiger partial charge in [-0.3, -0.25) is 0 Å². The second-order valence-electron chi connectivity index (χ2n) is 3.77. The Hall–Kier alpha value is -0.630. The fourth-order valence-corrected chi connectivity index (χ4v) is 1.25. The molecule has 0 saturated carbocycles. The third-order valence-corrected chi connectivity index (χ3v) is 2.16. The van der Waals surface area contributed by atoms with Crippen LogP contribution in [-0.2, 0) is 9.47 Å². The highest BCUT2D eigenvalue weighted by Gasteiger charge is 2.07. The molecule has 4 nitrogen and oxygen atoms in total. The highest BCUT2D eigenvalue weighted by atomic mass is 16.5. The van der Waals surface area contributed by atoms with Crippen molar-refractivity contribution in [1.82, 2.24) is 5.32 Å². The standard InChI is InChI=1S/C12H24N2O2/c1-4-7-14-12(9-13)6-8-16-11(3)10-15-5-2/h11-12,14H,4-8,10H2,1-3H3. The maximum Gasteiger partial charge on any atom is 0.0975 e. The largest absolute Gasteiger partial charge is 0.379 e. The third-order valence-electron chi connectivity index (χ3n) is 2.16. The Kier molecular flexibility index (Phi) is 10.4. The molecule has 0 aromatic rings. The van der Waals surface area contributed by atoms with Crippen molar-refractivity contribution in [3.63, 3.8) is 0 Å². The van der Waals surface area contributed by atoms with Crippen LogP contribution in [0.2, 0.25) is 0 Å². The molecule has 0 rings (SSSR count). The number of hydrogen-bond donors (Lipinski definition) is 1. The molecule has 0 aliphatic carbocycles. The van der Waals surface area contributed by atoms with Crippen LogP contribution in [0, 0.1) is 11.3 Å². The molecule has 2 atom stereocenters. The minimum atomic E-state index is -0.0979. The summed E-state index contributed by atoms with van der Waals surface area (Å²) in [5, 5.41) is 12.0. The SMILES string of the molecule is CCCNC(C#N)CCOC(C)COCC. The molecular weight excluding hydrogens is 204 g/mol. The summed E-state index contributed by atoms with van der Waals surface area (Å²) < 4.78 is 10.8. The minimum absolute atomic E-state index is 0.0979. The second kappa shape index (κ2) is 10.9. The van der Waals surface area contributed by atoms with Gasteiger partial charge < -0.3 is 14.8 Å². The van der Waals surface area contributed by atoms with Crippen LogP contribution in [0.15, 0.2) is 0 Å². The van der Waals surface area contributed by atoms with Crippen molar-refractivity contribution >= 4 is 0 Å². The Morgan fingerprint density at radius 1 is 1.38 bits per heavy atom. The summed E-state index contributed by atoms with van der Waals surface area (Å²) in [5.41, 5.74) is 0. The first-order valence-electron chi connectivity index (χ1n) is 6.06. The van der Waals surface area contributed by atoms with Crippen molar-refractivity contribution in [3.8, 4) is 6.07 Å². The van der Waals surface area contributed by atoms with E-state index in [9.17, 15) is 0 Å². The number of nitrogens with one attached hydrogen (secondary N) is 1. The molecule has 0 saturated heterocycles. The van der Waals surface area contributed by atoms with Crippen molar-refractivity contribution in [2.24, 2.45) is 0 Å². The van der Waals surface area contributed by atoms with E-state index in [2.05, 4.69) is 18.3 Å². The quantitative estimate of drug-likeness (QED) is 0.618. The summed E-state index contributed by atoms with van der Waals surface area (Å²) in [7, 11) is 0. The molecule has 0 aromatic carbocycles. The topological polar surface area (TPSA) is 54.3 Å². The summed E-state index contributed by atoms with van der Waals surface area (Å²) in [6.07, 6.45) is 1.87. The number of ether oxygens (including phenoxy) is 2. The van der Waals surface area contributed by atoms with Gasteiger partial charge in [0.2, 0.25) is 0 Å². The highest BCUT2D eigenvalue weighted by molar-refractivity contribution is 4.89. The maximum atomic E-state index is 8.87. The lowest BCUT2D eigenvalue weighted by Gasteiger charge is -2.15. The number of rotatable bonds is 10. The van der Waals surface area contributed by atoms with E-state index in [0.29, 0.717) is 19.8 Å². The van der Waals surface area contributed by atoms with E-state index in [1.807, 2.05) is 13.8 Å². The molecule has 2 unspecified atom stereocenters. The van der Waals surface area contributed by atoms with Gasteiger partial charge >= 0.3 is 0 Å². The smallest absolute Gasteiger partial charge is 0.0975 e. The normalized spacial score (nSPS) is 14.4. The van der Waals surface area contributed by atoms with Gasteiger partial charge in [-0.15, -0.1) is 0 Å². The second-order valence-corrected chi connectivity index (χ2v) is 3.77. The molecule has 4 heteroatoms. The molecule has 0 aliphatic rings. The molecule has 0 spiro atoms. The zero-order chi connectivity index (χ0) is 12.2. The van der Waals surface area contributed by atoms with Crippen LogP contribution in [0.4, 0.5) is 0 Å². The molecular formula is C12H24N2O2. The van der Waals surface area contributed by atoms with Gasteiger partial charge in [0.15, 0.2) is 0 Å². The maximum absolute atomic E-state index is 8.87. The van der Waals surface area contributed by atoms with Gasteiger partial charge in [0.05, 0.1) is 24.8 Å². The Bertz CT molecular complexity index is 192. The first-order chi connectivity index (χ1) is 7.74. The molecule has 0 heterocycles. The van der Waals surface area contributed by atoms with Crippen LogP contribution in [-0.4, -0.2) is 38.5 Å². The predicted molar refractivity (Wildman–Crippen MR) is 64.2 cm³/mol. The van der Waals surface area contributed by atoms with Crippen LogP contribution in [0.3, 0.4) is 0 Å². The van der Waals surface area contributed by atoms with Crippen molar-refractivity contribution in [2.75, 3.05) is 26.4 Å². The number of nitrogens with zero attached hydrogens (tertiary/aromatic N) is 1. The molecule has 0 fully saturated rings. The fraction of sp³-hybridized carbons (Fsp3) is 0.917. The van der Waals surface area contributed by atoms with E-state index < -0.39 is 0 Å². The zero-order valence-electron chi connectivity index (χ0n) is 10.7. The van der Waals surface area contributed by atoms with Gasteiger partial charge in [-0.05, 0) is 33.2 Å². The van der Waals surface area contributed by atoms with Crippen molar-refractivity contribution in [3.05, 3.63) is 0 Å². The molecule has 94 valence electrons. The summed E-state index contributed by atoms with van der Waals surface area (Å²) in [6, 6.07) is 2.13. The lowest BCUT2D eigenvalue weighted by atomic mass is 10.2. The van der Waals surface area contributed by atoms with Gasteiger partial charge in [-0.1, -0.05) is 6.92 Å². The first kappa shape index (κ1) is 15.4. The van der Waals surface area contributed by atoms with Gasteiger partial charge in [0.1, 0.15) is 0 Å². The summed E-state index contributed by atoms with van der Waals surface area (Å²) >= 11 is 0. The Balaban J connectivity index is 3.50. The fourth-order valence-electron chi connectivity index (χ4n) is 1.25. The van der Waals surface area contributed by atoms with Crippen molar-refractivity contribution in [2.45, 2.75) is 45.8 Å². The van der Waals surface area contributed by atoms with E-state index in [1.54, 1.807) is 0 Å². The minimum Gasteiger partial charge on any atom is -0.379 e. The van der Waals surface area contributed by atoms with E-state index in [0.717, 1.165) is 19.4 Å². The molecule has 0 aliphatic heterocycles. The van der Waals surface area contributed by atoms with Gasteiger partial charge in [-0.25, -0.2) is 0 Å². The highest BCUT2D eigenvalue weighted by Crippen LogP contribution is 1.97. The molecule has 16 heavy (non-hydrogen) atoms. The van der Waals surface area contributed by atoms with Gasteiger partial charge in [0, 0.05) is 13.2 Å². The average molecular weight is 228 g/mol. The number of nitriles is 1. The molecule has 1 N–H and O–H groups in total. The average Bonchev–Trinajstić information content (AvgIpc) is 2.30. The zero-order valence-corrected chi connectivity index (χ0v) is 10.7. The van der Waals surface area contributed by atoms with Crippen molar-refractivity contribution < 1.29 is 9.47 Å². The third kappa shape index (κ3) is 8.66. The van der Waals surface area contributed by atoms with Crippen LogP contribution >= 0.6 is 0 Å². The van der Waals surface area contributed by atoms with E-state index in [4.69, 9.17) is 14.7 Å². The monoisotopic (exact) mass is 228 g/mol. The summed E-state index contributed by atoms with van der Waals surface area (Å²) in [5.74, 6) is 0. The van der Waals surface area contributed by atoms with E-state index in [-0.39, 0.29) is 12.1 Å². The lowest BCUT2D eigenvalue weighted by Crippen LogP contribution is -2.30. The van der Waals surface area contributed by atoms with Crippen LogP contribution < -0.4 is 5.32 Å². The van der Waals surface area contributed by atoms with E-state index >= 15 is 0 Å². The van der Waals surface area contributed by atoms with Gasteiger partial charge in [0.25, 0.3) is 0 Å². The molecule has 0 aromatic heterocycles. The molecule has 0 radical (unpaired) electrons. The summed E-state index contributed by atoms with van der Waals surface area (Å²) in [6.45, 7) is 8.85. The predicted octanol–water partition coefficient (Wildman–Crippen LogP) is 1.71. The van der Waals surface area contributed by atoms with Crippen LogP contribution in [0.1, 0.15) is 33.6 Å². The molecule has 0 amide bonds.